The second-order valence-corrected chi connectivity index (χ2v) is 21.7. The Morgan fingerprint density at radius 1 is 0.774 bits per heavy atom. The molecule has 4 saturated carbocycles. The van der Waals surface area contributed by atoms with Crippen LogP contribution in [-0.4, -0.2) is 59.6 Å². The van der Waals surface area contributed by atoms with Gasteiger partial charge in [-0.15, -0.1) is 0 Å². The first-order chi connectivity index (χ1) is 24.8. The molecule has 0 radical (unpaired) electrons. The van der Waals surface area contributed by atoms with Crippen molar-refractivity contribution >= 4 is 5.91 Å². The summed E-state index contributed by atoms with van der Waals surface area (Å²) < 4.78 is 0. The van der Waals surface area contributed by atoms with Gasteiger partial charge < -0.3 is 10.0 Å². The molecule has 0 aromatic rings. The summed E-state index contributed by atoms with van der Waals surface area (Å²) in [6.45, 7) is 31.2. The third kappa shape index (κ3) is 7.37. The Bertz CT molecular complexity index is 1490. The summed E-state index contributed by atoms with van der Waals surface area (Å²) in [6.07, 6.45) is 25.7. The minimum Gasteiger partial charge on any atom is -0.393 e. The molecule has 0 aromatic carbocycles. The molecular formula is C49H80N2O2. The van der Waals surface area contributed by atoms with E-state index in [1.165, 1.54) is 42.4 Å². The maximum absolute atomic E-state index is 14.6. The van der Waals surface area contributed by atoms with Crippen molar-refractivity contribution in [3.8, 4) is 0 Å². The van der Waals surface area contributed by atoms with Crippen molar-refractivity contribution in [3.63, 3.8) is 0 Å². The van der Waals surface area contributed by atoms with Crippen molar-refractivity contribution in [1.82, 2.24) is 9.80 Å². The number of nitrogens with zero attached hydrogens (tertiary/aromatic N) is 2. The summed E-state index contributed by atoms with van der Waals surface area (Å²) in [6, 6.07) is 0. The van der Waals surface area contributed by atoms with Gasteiger partial charge in [0.15, 0.2) is 0 Å². The molecule has 0 spiro atoms. The average Bonchev–Trinajstić information content (AvgIpc) is 3.10. The van der Waals surface area contributed by atoms with E-state index in [0.717, 1.165) is 96.9 Å². The van der Waals surface area contributed by atoms with Crippen LogP contribution in [0.5, 0.6) is 0 Å². The minimum atomic E-state index is -0.287. The van der Waals surface area contributed by atoms with Crippen molar-refractivity contribution in [1.29, 1.82) is 0 Å². The van der Waals surface area contributed by atoms with E-state index < -0.39 is 0 Å². The normalized spacial score (nSPS) is 41.7. The zero-order chi connectivity index (χ0) is 38.6. The van der Waals surface area contributed by atoms with Crippen LogP contribution < -0.4 is 0 Å². The SMILES string of the molecule is CC(C)=CCCC(C)=CCCC(C)=CCN1CCN(C(=O)C2(C)CC[C@]3(C)CC[C@]4(C)C(=CCC5[C@@]6(C)C(O)CCC(C)(C)C6CC[C@]54C)[C@@H]3C2)CC1. The van der Waals surface area contributed by atoms with E-state index in [0.29, 0.717) is 29.1 Å². The first kappa shape index (κ1) is 41.0. The van der Waals surface area contributed by atoms with Gasteiger partial charge in [-0.05, 0) is 157 Å². The Labute approximate surface area is 326 Å². The first-order valence-electron chi connectivity index (χ1n) is 22.1. The maximum Gasteiger partial charge on any atom is 0.228 e. The molecule has 53 heavy (non-hydrogen) atoms. The lowest BCUT2D eigenvalue weighted by atomic mass is 9.33. The third-order valence-electron chi connectivity index (χ3n) is 17.7. The minimum absolute atomic E-state index is 0.0320. The molecule has 9 atom stereocenters. The molecule has 5 aliphatic carbocycles. The molecule has 0 aromatic heterocycles. The van der Waals surface area contributed by atoms with Crippen LogP contribution >= 0.6 is 0 Å². The van der Waals surface area contributed by atoms with Gasteiger partial charge in [-0.2, -0.15) is 0 Å². The Kier molecular flexibility index (Phi) is 11.6. The Morgan fingerprint density at radius 3 is 2.09 bits per heavy atom. The Balaban J connectivity index is 1.09. The standard InChI is InChI=1S/C49H80N2O2/c1-35(2)14-12-15-36(3)16-13-17-37(4)22-29-50-30-32-51(33-31-50)43(53)46(8)26-25-45(7)27-28-47(9)38(39(45)34-46)18-19-41-48(47,10)24-20-40-44(5,6)23-21-42(52)49(40,41)11/h14,16,18,22,39-42,52H,12-13,15,17,19-21,23-34H2,1-11H3/t39-,40?,41?,42?,45+,46?,47+,48+,49-/m0/s1. The van der Waals surface area contributed by atoms with Crippen molar-refractivity contribution in [2.45, 2.75) is 172 Å². The fourth-order valence-electron chi connectivity index (χ4n) is 13.7. The number of carbonyl (C=O) groups is 1. The molecule has 1 aliphatic heterocycles. The Morgan fingerprint density at radius 2 is 1.42 bits per heavy atom. The number of hydrogen-bond donors (Lipinski definition) is 1. The molecule has 5 fully saturated rings. The summed E-state index contributed by atoms with van der Waals surface area (Å²) in [5.74, 6) is 1.99. The quantitative estimate of drug-likeness (QED) is 0.240. The van der Waals surface area contributed by atoms with Crippen LogP contribution in [0.4, 0.5) is 0 Å². The molecule has 4 nitrogen and oxygen atoms in total. The lowest BCUT2D eigenvalue weighted by Crippen LogP contribution is -2.66. The zero-order valence-electron chi connectivity index (χ0n) is 36.3. The smallest absolute Gasteiger partial charge is 0.228 e. The van der Waals surface area contributed by atoms with E-state index in [1.54, 1.807) is 5.57 Å². The summed E-state index contributed by atoms with van der Waals surface area (Å²) in [4.78, 5) is 19.3. The molecule has 6 aliphatic rings. The largest absolute Gasteiger partial charge is 0.393 e. The number of aliphatic hydroxyl groups excluding tert-OH is 1. The number of aliphatic hydroxyl groups is 1. The third-order valence-corrected chi connectivity index (χ3v) is 17.7. The van der Waals surface area contributed by atoms with Crippen LogP contribution in [0, 0.1) is 50.2 Å². The van der Waals surface area contributed by atoms with Crippen LogP contribution in [0.25, 0.3) is 0 Å². The van der Waals surface area contributed by atoms with Gasteiger partial charge in [0.05, 0.1) is 6.10 Å². The molecule has 0 bridgehead atoms. The van der Waals surface area contributed by atoms with Crippen LogP contribution in [0.15, 0.2) is 46.6 Å². The van der Waals surface area contributed by atoms with E-state index in [2.05, 4.69) is 110 Å². The number of fused-ring (bicyclic) bond motifs is 7. The Hall–Kier alpha value is -1.65. The van der Waals surface area contributed by atoms with E-state index in [-0.39, 0.29) is 33.2 Å². The number of allylic oxidation sites excluding steroid dienone is 7. The highest BCUT2D eigenvalue weighted by atomic mass is 16.3. The highest BCUT2D eigenvalue weighted by Crippen LogP contribution is 2.75. The van der Waals surface area contributed by atoms with Gasteiger partial charge in [0.2, 0.25) is 5.91 Å². The first-order valence-corrected chi connectivity index (χ1v) is 22.1. The van der Waals surface area contributed by atoms with Crippen LogP contribution in [0.3, 0.4) is 0 Å². The maximum atomic E-state index is 14.6. The fraction of sp³-hybridized carbons (Fsp3) is 0.816. The molecule has 1 heterocycles. The van der Waals surface area contributed by atoms with Crippen molar-refractivity contribution < 1.29 is 9.90 Å². The summed E-state index contributed by atoms with van der Waals surface area (Å²) in [5, 5.41) is 11.8. The molecule has 1 amide bonds. The van der Waals surface area contributed by atoms with Crippen molar-refractivity contribution in [2.75, 3.05) is 32.7 Å². The molecule has 1 N–H and O–H groups in total. The topological polar surface area (TPSA) is 43.8 Å². The number of amides is 1. The van der Waals surface area contributed by atoms with Crippen LogP contribution in [0.1, 0.15) is 166 Å². The van der Waals surface area contributed by atoms with Gasteiger partial charge in [0, 0.05) is 43.6 Å². The van der Waals surface area contributed by atoms with Crippen molar-refractivity contribution in [2.24, 2.45) is 50.2 Å². The zero-order valence-corrected chi connectivity index (χ0v) is 36.3. The van der Waals surface area contributed by atoms with E-state index >= 15 is 0 Å². The predicted octanol–water partition coefficient (Wildman–Crippen LogP) is 11.7. The van der Waals surface area contributed by atoms with Gasteiger partial charge in [0.1, 0.15) is 0 Å². The molecule has 4 unspecified atom stereocenters. The van der Waals surface area contributed by atoms with E-state index in [4.69, 9.17) is 0 Å². The monoisotopic (exact) mass is 729 g/mol. The van der Waals surface area contributed by atoms with Crippen molar-refractivity contribution in [3.05, 3.63) is 46.6 Å². The van der Waals surface area contributed by atoms with Crippen LogP contribution in [0.2, 0.25) is 0 Å². The molecule has 6 rings (SSSR count). The molecule has 4 heteroatoms. The number of hydrogen-bond acceptors (Lipinski definition) is 3. The van der Waals surface area contributed by atoms with E-state index in [1.807, 2.05) is 0 Å². The number of piperazine rings is 1. The van der Waals surface area contributed by atoms with Gasteiger partial charge in [-0.3, -0.25) is 9.69 Å². The van der Waals surface area contributed by atoms with Crippen LogP contribution in [-0.2, 0) is 4.79 Å². The van der Waals surface area contributed by atoms with E-state index in [9.17, 15) is 9.90 Å². The predicted molar refractivity (Wildman–Crippen MR) is 223 cm³/mol. The summed E-state index contributed by atoms with van der Waals surface area (Å²) in [5.41, 5.74) is 6.67. The average molecular weight is 729 g/mol. The van der Waals surface area contributed by atoms with Gasteiger partial charge >= 0.3 is 0 Å². The number of carbonyl (C=O) groups excluding carboxylic acids is 1. The highest BCUT2D eigenvalue weighted by molar-refractivity contribution is 5.82. The molecule has 1 saturated heterocycles. The second kappa shape index (κ2) is 15.0. The fourth-order valence-corrected chi connectivity index (χ4v) is 13.7. The number of rotatable bonds is 9. The molecular weight excluding hydrogens is 649 g/mol. The lowest BCUT2D eigenvalue weighted by Gasteiger charge is -2.71. The van der Waals surface area contributed by atoms with Gasteiger partial charge in [-0.25, -0.2) is 0 Å². The van der Waals surface area contributed by atoms with Gasteiger partial charge in [0.25, 0.3) is 0 Å². The highest BCUT2D eigenvalue weighted by Gasteiger charge is 2.69. The summed E-state index contributed by atoms with van der Waals surface area (Å²) in [7, 11) is 0. The summed E-state index contributed by atoms with van der Waals surface area (Å²) >= 11 is 0. The lowest BCUT2D eigenvalue weighted by molar-refractivity contribution is -0.219. The second-order valence-electron chi connectivity index (χ2n) is 21.7. The molecule has 298 valence electrons. The van der Waals surface area contributed by atoms with Gasteiger partial charge in [-0.1, -0.05) is 95.1 Å².